The number of fused-ring (bicyclic) bond motifs is 1. The molecule has 0 N–H and O–H groups in total. The predicted octanol–water partition coefficient (Wildman–Crippen LogP) is 2.24. The van der Waals surface area contributed by atoms with Gasteiger partial charge < -0.3 is 9.64 Å². The maximum absolute atomic E-state index is 11.9. The van der Waals surface area contributed by atoms with Crippen molar-refractivity contribution in [3.05, 3.63) is 36.5 Å². The zero-order valence-corrected chi connectivity index (χ0v) is 10.7. The van der Waals surface area contributed by atoms with Crippen LogP contribution in [-0.2, 0) is 4.79 Å². The van der Waals surface area contributed by atoms with Gasteiger partial charge in [0.2, 0.25) is 0 Å². The predicted molar refractivity (Wildman–Crippen MR) is 73.1 cm³/mol. The normalized spacial score (nSPS) is 14.8. The minimum Gasteiger partial charge on any atom is -0.484 e. The number of rotatable bonds is 3. The Balaban J connectivity index is 1.66. The van der Waals surface area contributed by atoms with Crippen LogP contribution in [0.2, 0.25) is 0 Å². The first-order chi connectivity index (χ1) is 9.33. The lowest BCUT2D eigenvalue weighted by atomic mass is 10.2. The lowest BCUT2D eigenvalue weighted by molar-refractivity contribution is -0.132. The topological polar surface area (TPSA) is 42.4 Å². The van der Waals surface area contributed by atoms with Crippen LogP contribution in [0.1, 0.15) is 12.8 Å². The van der Waals surface area contributed by atoms with E-state index < -0.39 is 0 Å². The van der Waals surface area contributed by atoms with E-state index in [1.165, 1.54) is 0 Å². The van der Waals surface area contributed by atoms with Gasteiger partial charge in [0.25, 0.3) is 5.91 Å². The molecule has 98 valence electrons. The van der Waals surface area contributed by atoms with Crippen LogP contribution in [0.4, 0.5) is 0 Å². The van der Waals surface area contributed by atoms with Crippen LogP contribution >= 0.6 is 0 Å². The summed E-state index contributed by atoms with van der Waals surface area (Å²) in [5.74, 6) is 0.789. The molecule has 2 aromatic rings. The summed E-state index contributed by atoms with van der Waals surface area (Å²) in [5, 5.41) is 1.02. The number of benzene rings is 1. The molecule has 0 unspecified atom stereocenters. The summed E-state index contributed by atoms with van der Waals surface area (Å²) in [7, 11) is 0. The second kappa shape index (κ2) is 5.26. The summed E-state index contributed by atoms with van der Waals surface area (Å²) in [4.78, 5) is 18.0. The van der Waals surface area contributed by atoms with Crippen LogP contribution in [0.3, 0.4) is 0 Å². The minimum atomic E-state index is 0.0729. The second-order valence-electron chi connectivity index (χ2n) is 4.73. The summed E-state index contributed by atoms with van der Waals surface area (Å²) in [6, 6.07) is 9.55. The van der Waals surface area contributed by atoms with Crippen LogP contribution in [-0.4, -0.2) is 35.5 Å². The van der Waals surface area contributed by atoms with Crippen LogP contribution in [0.15, 0.2) is 36.5 Å². The van der Waals surface area contributed by atoms with E-state index in [0.717, 1.165) is 36.8 Å². The Morgan fingerprint density at radius 1 is 1.26 bits per heavy atom. The number of nitrogens with zero attached hydrogens (tertiary/aromatic N) is 2. The van der Waals surface area contributed by atoms with Gasteiger partial charge in [0.05, 0.1) is 5.52 Å². The molecule has 0 bridgehead atoms. The van der Waals surface area contributed by atoms with Crippen LogP contribution < -0.4 is 4.74 Å². The lowest BCUT2D eigenvalue weighted by Gasteiger charge is -2.15. The van der Waals surface area contributed by atoms with Crippen LogP contribution in [0.5, 0.6) is 5.75 Å². The molecular weight excluding hydrogens is 240 g/mol. The molecule has 0 atom stereocenters. The number of ether oxygens (including phenoxy) is 1. The van der Waals surface area contributed by atoms with E-state index in [-0.39, 0.29) is 12.5 Å². The number of hydrogen-bond donors (Lipinski definition) is 0. The molecular formula is C15H16N2O2. The van der Waals surface area contributed by atoms with Crippen molar-refractivity contribution in [3.63, 3.8) is 0 Å². The average molecular weight is 256 g/mol. The van der Waals surface area contributed by atoms with Gasteiger partial charge in [-0.1, -0.05) is 6.07 Å². The number of amides is 1. The van der Waals surface area contributed by atoms with Gasteiger partial charge in [-0.15, -0.1) is 0 Å². The highest BCUT2D eigenvalue weighted by molar-refractivity contribution is 5.80. The number of carbonyl (C=O) groups is 1. The molecule has 3 rings (SSSR count). The second-order valence-corrected chi connectivity index (χ2v) is 4.73. The van der Waals surface area contributed by atoms with Crippen molar-refractivity contribution in [2.75, 3.05) is 19.7 Å². The lowest BCUT2D eigenvalue weighted by Crippen LogP contribution is -2.32. The highest BCUT2D eigenvalue weighted by Crippen LogP contribution is 2.19. The Morgan fingerprint density at radius 3 is 2.95 bits per heavy atom. The van der Waals surface area contributed by atoms with Crippen molar-refractivity contribution in [2.24, 2.45) is 0 Å². The molecule has 0 spiro atoms. The minimum absolute atomic E-state index is 0.0729. The van der Waals surface area contributed by atoms with Gasteiger partial charge in [0, 0.05) is 24.7 Å². The van der Waals surface area contributed by atoms with E-state index >= 15 is 0 Å². The monoisotopic (exact) mass is 256 g/mol. The largest absolute Gasteiger partial charge is 0.484 e. The third-order valence-corrected chi connectivity index (χ3v) is 3.40. The fourth-order valence-electron chi connectivity index (χ4n) is 2.35. The maximum atomic E-state index is 11.9. The van der Waals surface area contributed by atoms with E-state index in [2.05, 4.69) is 4.98 Å². The molecule has 1 aliphatic heterocycles. The summed E-state index contributed by atoms with van der Waals surface area (Å²) in [5.41, 5.74) is 0.931. The van der Waals surface area contributed by atoms with Crippen molar-refractivity contribution in [2.45, 2.75) is 12.8 Å². The molecule has 4 heteroatoms. The summed E-state index contributed by atoms with van der Waals surface area (Å²) < 4.78 is 5.57. The molecule has 4 nitrogen and oxygen atoms in total. The van der Waals surface area contributed by atoms with Gasteiger partial charge >= 0.3 is 0 Å². The Morgan fingerprint density at radius 2 is 2.11 bits per heavy atom. The zero-order chi connectivity index (χ0) is 13.1. The SMILES string of the molecule is O=C(COc1ccc2ncccc2c1)N1CCCC1. The molecule has 19 heavy (non-hydrogen) atoms. The average Bonchev–Trinajstić information content (AvgIpc) is 2.99. The van der Waals surface area contributed by atoms with Gasteiger partial charge in [-0.3, -0.25) is 9.78 Å². The van der Waals surface area contributed by atoms with Crippen LogP contribution in [0, 0.1) is 0 Å². The first kappa shape index (κ1) is 12.0. The first-order valence-corrected chi connectivity index (χ1v) is 6.58. The van der Waals surface area contributed by atoms with E-state index in [1.54, 1.807) is 6.20 Å². The third-order valence-electron chi connectivity index (χ3n) is 3.40. The number of hydrogen-bond acceptors (Lipinski definition) is 3. The number of aromatic nitrogens is 1. The highest BCUT2D eigenvalue weighted by atomic mass is 16.5. The molecule has 1 aromatic heterocycles. The maximum Gasteiger partial charge on any atom is 0.260 e. The Hall–Kier alpha value is -2.10. The Kier molecular flexibility index (Phi) is 3.31. The molecule has 0 aliphatic carbocycles. The van der Waals surface area contributed by atoms with Crippen molar-refractivity contribution >= 4 is 16.8 Å². The van der Waals surface area contributed by atoms with Crippen molar-refractivity contribution < 1.29 is 9.53 Å². The third kappa shape index (κ3) is 2.67. The quantitative estimate of drug-likeness (QED) is 0.845. The van der Waals surface area contributed by atoms with Gasteiger partial charge in [-0.2, -0.15) is 0 Å². The Bertz CT molecular complexity index is 591. The van der Waals surface area contributed by atoms with E-state index in [1.807, 2.05) is 35.2 Å². The number of likely N-dealkylation sites (tertiary alicyclic amines) is 1. The van der Waals surface area contributed by atoms with Crippen molar-refractivity contribution in [1.29, 1.82) is 0 Å². The summed E-state index contributed by atoms with van der Waals surface area (Å²) in [6.45, 7) is 1.85. The molecule has 2 heterocycles. The van der Waals surface area contributed by atoms with Gasteiger partial charge in [0.1, 0.15) is 5.75 Å². The van der Waals surface area contributed by atoms with Gasteiger partial charge in [0.15, 0.2) is 6.61 Å². The molecule has 1 amide bonds. The fourth-order valence-corrected chi connectivity index (χ4v) is 2.35. The van der Waals surface area contributed by atoms with Crippen LogP contribution in [0.25, 0.3) is 10.9 Å². The van der Waals surface area contributed by atoms with Crippen molar-refractivity contribution in [3.8, 4) is 5.75 Å². The number of carbonyl (C=O) groups excluding carboxylic acids is 1. The molecule has 1 aliphatic rings. The van der Waals surface area contributed by atoms with E-state index in [4.69, 9.17) is 4.74 Å². The smallest absolute Gasteiger partial charge is 0.260 e. The molecule has 0 saturated carbocycles. The van der Waals surface area contributed by atoms with Crippen molar-refractivity contribution in [1.82, 2.24) is 9.88 Å². The molecule has 0 radical (unpaired) electrons. The molecule has 1 saturated heterocycles. The Labute approximate surface area is 112 Å². The number of pyridine rings is 1. The summed E-state index contributed by atoms with van der Waals surface area (Å²) >= 11 is 0. The zero-order valence-electron chi connectivity index (χ0n) is 10.7. The first-order valence-electron chi connectivity index (χ1n) is 6.58. The standard InChI is InChI=1S/C15H16N2O2/c18-15(17-8-1-2-9-17)11-19-13-5-6-14-12(10-13)4-3-7-16-14/h3-7,10H,1-2,8-9,11H2. The van der Waals surface area contributed by atoms with Gasteiger partial charge in [-0.25, -0.2) is 0 Å². The summed E-state index contributed by atoms with van der Waals surface area (Å²) in [6.07, 6.45) is 3.97. The molecule has 1 aromatic carbocycles. The highest BCUT2D eigenvalue weighted by Gasteiger charge is 2.18. The fraction of sp³-hybridized carbons (Fsp3) is 0.333. The van der Waals surface area contributed by atoms with E-state index in [9.17, 15) is 4.79 Å². The van der Waals surface area contributed by atoms with Gasteiger partial charge in [-0.05, 0) is 37.1 Å². The molecule has 1 fully saturated rings. The van der Waals surface area contributed by atoms with E-state index in [0.29, 0.717) is 5.75 Å².